The largest absolute Gasteiger partial charge is 0.481 e. The highest BCUT2D eigenvalue weighted by Crippen LogP contribution is 2.27. The summed E-state index contributed by atoms with van der Waals surface area (Å²) in [5, 5.41) is 19.4. The third-order valence-corrected chi connectivity index (χ3v) is 4.89. The van der Waals surface area contributed by atoms with E-state index in [0.717, 1.165) is 4.31 Å². The van der Waals surface area contributed by atoms with Crippen molar-refractivity contribution in [3.63, 3.8) is 0 Å². The summed E-state index contributed by atoms with van der Waals surface area (Å²) in [5.74, 6) is -1.15. The number of hydrogen-bond donors (Lipinski definition) is 1. The van der Waals surface area contributed by atoms with E-state index >= 15 is 0 Å². The fourth-order valence-corrected chi connectivity index (χ4v) is 3.20. The zero-order valence-electron chi connectivity index (χ0n) is 12.4. The zero-order valence-corrected chi connectivity index (χ0v) is 13.2. The average molecular weight is 330 g/mol. The lowest BCUT2D eigenvalue weighted by molar-refractivity contribution is -0.384. The number of nitro groups is 1. The van der Waals surface area contributed by atoms with Crippen molar-refractivity contribution in [3.8, 4) is 0 Å². The molecule has 0 atom stereocenters. The van der Waals surface area contributed by atoms with Gasteiger partial charge in [-0.05, 0) is 31.9 Å². The molecule has 0 bridgehead atoms. The topological polar surface area (TPSA) is 118 Å². The number of aliphatic carboxylic acids is 1. The van der Waals surface area contributed by atoms with Crippen molar-refractivity contribution in [2.45, 2.75) is 26.7 Å². The van der Waals surface area contributed by atoms with E-state index in [0.29, 0.717) is 11.3 Å². The van der Waals surface area contributed by atoms with Crippen LogP contribution in [0.25, 0.3) is 0 Å². The van der Waals surface area contributed by atoms with Gasteiger partial charge in [-0.15, -0.1) is 0 Å². The minimum Gasteiger partial charge on any atom is -0.481 e. The summed E-state index contributed by atoms with van der Waals surface area (Å²) in [5.41, 5.74) is 0.653. The Bertz CT molecular complexity index is 671. The number of anilines is 1. The van der Waals surface area contributed by atoms with Gasteiger partial charge in [-0.1, -0.05) is 0 Å². The molecular weight excluding hydrogens is 312 g/mol. The first kappa shape index (κ1) is 17.9. The quantitative estimate of drug-likeness (QED) is 0.574. The molecule has 9 heteroatoms. The third-order valence-electron chi connectivity index (χ3n) is 3.11. The maximum atomic E-state index is 12.2. The van der Waals surface area contributed by atoms with Crippen molar-refractivity contribution in [1.82, 2.24) is 0 Å². The molecule has 0 saturated carbocycles. The zero-order chi connectivity index (χ0) is 16.9. The first-order chi connectivity index (χ1) is 10.2. The number of hydrogen-bond acceptors (Lipinski definition) is 5. The van der Waals surface area contributed by atoms with E-state index < -0.39 is 20.9 Å². The Morgan fingerprint density at radius 1 is 1.41 bits per heavy atom. The van der Waals surface area contributed by atoms with Gasteiger partial charge in [0.25, 0.3) is 5.69 Å². The van der Waals surface area contributed by atoms with Gasteiger partial charge in [-0.2, -0.15) is 0 Å². The number of nitro benzene ring substituents is 1. The molecule has 0 spiro atoms. The molecule has 0 radical (unpaired) electrons. The second-order valence-corrected chi connectivity index (χ2v) is 6.88. The number of nitrogens with zero attached hydrogens (tertiary/aromatic N) is 2. The van der Waals surface area contributed by atoms with Crippen LogP contribution >= 0.6 is 0 Å². The first-order valence-electron chi connectivity index (χ1n) is 6.66. The number of rotatable bonds is 8. The lowest BCUT2D eigenvalue weighted by Gasteiger charge is -2.25. The van der Waals surface area contributed by atoms with Gasteiger partial charge >= 0.3 is 5.97 Å². The summed E-state index contributed by atoms with van der Waals surface area (Å²) in [6.45, 7) is 3.08. The standard InChI is InChI=1S/C13H18N2O6S/c1-3-22(20,21)14(8-4-5-13(16)17)12-7-6-11(15(18)19)9-10(12)2/h6-7,9H,3-5,8H2,1-2H3,(H,16,17). The van der Waals surface area contributed by atoms with E-state index in [9.17, 15) is 23.3 Å². The summed E-state index contributed by atoms with van der Waals surface area (Å²) in [6, 6.07) is 3.91. The van der Waals surface area contributed by atoms with E-state index in [1.165, 1.54) is 25.1 Å². The fraction of sp³-hybridized carbons (Fsp3) is 0.462. The molecule has 122 valence electrons. The molecule has 1 aromatic carbocycles. The van der Waals surface area contributed by atoms with Crippen molar-refractivity contribution < 1.29 is 23.2 Å². The van der Waals surface area contributed by atoms with Crippen molar-refractivity contribution >= 4 is 27.4 Å². The van der Waals surface area contributed by atoms with Crippen molar-refractivity contribution in [1.29, 1.82) is 0 Å². The Balaban J connectivity index is 3.16. The van der Waals surface area contributed by atoms with Gasteiger partial charge < -0.3 is 5.11 Å². The molecule has 8 nitrogen and oxygen atoms in total. The average Bonchev–Trinajstić information content (AvgIpc) is 2.43. The van der Waals surface area contributed by atoms with Gasteiger partial charge in [-0.25, -0.2) is 8.42 Å². The Kier molecular flexibility index (Phi) is 5.86. The Morgan fingerprint density at radius 2 is 2.05 bits per heavy atom. The highest BCUT2D eigenvalue weighted by atomic mass is 32.2. The van der Waals surface area contributed by atoms with E-state index in [1.54, 1.807) is 6.92 Å². The highest BCUT2D eigenvalue weighted by molar-refractivity contribution is 7.92. The van der Waals surface area contributed by atoms with Crippen LogP contribution in [0.4, 0.5) is 11.4 Å². The molecule has 0 unspecified atom stereocenters. The van der Waals surface area contributed by atoms with Gasteiger partial charge in [0, 0.05) is 25.1 Å². The van der Waals surface area contributed by atoms with Crippen LogP contribution in [0.5, 0.6) is 0 Å². The second kappa shape index (κ2) is 7.21. The van der Waals surface area contributed by atoms with Crippen LogP contribution in [-0.4, -0.2) is 36.7 Å². The van der Waals surface area contributed by atoms with Crippen LogP contribution in [0.3, 0.4) is 0 Å². The lowest BCUT2D eigenvalue weighted by atomic mass is 10.1. The van der Waals surface area contributed by atoms with Gasteiger partial charge in [0.15, 0.2) is 0 Å². The third kappa shape index (κ3) is 4.42. The van der Waals surface area contributed by atoms with Gasteiger partial charge in [0.1, 0.15) is 0 Å². The molecule has 0 aromatic heterocycles. The maximum Gasteiger partial charge on any atom is 0.303 e. The van der Waals surface area contributed by atoms with Crippen LogP contribution in [0, 0.1) is 17.0 Å². The van der Waals surface area contributed by atoms with Gasteiger partial charge in [-0.3, -0.25) is 19.2 Å². The van der Waals surface area contributed by atoms with Crippen molar-refractivity contribution in [2.75, 3.05) is 16.6 Å². The smallest absolute Gasteiger partial charge is 0.303 e. The van der Waals surface area contributed by atoms with E-state index in [1.807, 2.05) is 0 Å². The summed E-state index contributed by atoms with van der Waals surface area (Å²) in [4.78, 5) is 20.8. The fourth-order valence-electron chi connectivity index (χ4n) is 1.97. The summed E-state index contributed by atoms with van der Waals surface area (Å²) in [7, 11) is -3.60. The number of benzene rings is 1. The summed E-state index contributed by atoms with van der Waals surface area (Å²) < 4.78 is 25.5. The minimum atomic E-state index is -3.60. The minimum absolute atomic E-state index is 0.0150. The maximum absolute atomic E-state index is 12.2. The van der Waals surface area contributed by atoms with Crippen molar-refractivity contribution in [3.05, 3.63) is 33.9 Å². The number of aryl methyl sites for hydroxylation is 1. The molecule has 0 aliphatic carbocycles. The van der Waals surface area contributed by atoms with Gasteiger partial charge in [0.05, 0.1) is 16.4 Å². The second-order valence-electron chi connectivity index (χ2n) is 4.70. The molecular formula is C13H18N2O6S. The molecule has 1 N–H and O–H groups in total. The molecule has 0 saturated heterocycles. The highest BCUT2D eigenvalue weighted by Gasteiger charge is 2.23. The molecule has 0 aliphatic heterocycles. The van der Waals surface area contributed by atoms with E-state index in [-0.39, 0.29) is 30.8 Å². The predicted octanol–water partition coefficient (Wildman–Crippen LogP) is 1.92. The molecule has 1 rings (SSSR count). The molecule has 0 aliphatic rings. The number of carbonyl (C=O) groups is 1. The van der Waals surface area contributed by atoms with E-state index in [4.69, 9.17) is 5.11 Å². The Morgan fingerprint density at radius 3 is 2.50 bits per heavy atom. The Hall–Kier alpha value is -2.16. The van der Waals surface area contributed by atoms with Crippen LogP contribution in [0.2, 0.25) is 0 Å². The first-order valence-corrected chi connectivity index (χ1v) is 8.27. The predicted molar refractivity (Wildman–Crippen MR) is 81.5 cm³/mol. The van der Waals surface area contributed by atoms with Crippen LogP contribution in [-0.2, 0) is 14.8 Å². The lowest BCUT2D eigenvalue weighted by Crippen LogP contribution is -2.34. The number of carboxylic acid groups (broad SMARTS) is 1. The molecule has 0 heterocycles. The normalized spacial score (nSPS) is 11.2. The monoisotopic (exact) mass is 330 g/mol. The summed E-state index contributed by atoms with van der Waals surface area (Å²) >= 11 is 0. The molecule has 0 amide bonds. The van der Waals surface area contributed by atoms with Crippen LogP contribution in [0.1, 0.15) is 25.3 Å². The molecule has 0 fully saturated rings. The number of sulfonamides is 1. The SMILES string of the molecule is CCS(=O)(=O)N(CCCC(=O)O)c1ccc([N+](=O)[O-])cc1C. The number of carboxylic acids is 1. The summed E-state index contributed by atoms with van der Waals surface area (Å²) in [6.07, 6.45) is 0.00670. The Labute approximate surface area is 128 Å². The number of non-ortho nitro benzene ring substituents is 1. The molecule has 22 heavy (non-hydrogen) atoms. The molecule has 1 aromatic rings. The van der Waals surface area contributed by atoms with E-state index in [2.05, 4.69) is 0 Å². The van der Waals surface area contributed by atoms with Crippen LogP contribution in [0.15, 0.2) is 18.2 Å². The van der Waals surface area contributed by atoms with Crippen LogP contribution < -0.4 is 4.31 Å². The van der Waals surface area contributed by atoms with Gasteiger partial charge in [0.2, 0.25) is 10.0 Å². The van der Waals surface area contributed by atoms with Crippen molar-refractivity contribution in [2.24, 2.45) is 0 Å².